The van der Waals surface area contributed by atoms with Crippen LogP contribution in [0.15, 0.2) is 54.6 Å². The molecule has 0 radical (unpaired) electrons. The lowest BCUT2D eigenvalue weighted by molar-refractivity contribution is -0.141. The Bertz CT molecular complexity index is 714. The van der Waals surface area contributed by atoms with Crippen molar-refractivity contribution < 1.29 is 14.3 Å². The van der Waals surface area contributed by atoms with Gasteiger partial charge in [-0.05, 0) is 18.7 Å². The number of para-hydroxylation sites is 1. The summed E-state index contributed by atoms with van der Waals surface area (Å²) >= 11 is 0. The third-order valence-corrected chi connectivity index (χ3v) is 4.73. The van der Waals surface area contributed by atoms with Gasteiger partial charge in [-0.15, -0.1) is 0 Å². The van der Waals surface area contributed by atoms with E-state index >= 15 is 0 Å². The fourth-order valence-corrected chi connectivity index (χ4v) is 3.37. The molecule has 1 aliphatic rings. The summed E-state index contributed by atoms with van der Waals surface area (Å²) in [6.45, 7) is 3.11. The normalized spacial score (nSPS) is 15.7. The Balaban J connectivity index is 1.86. The molecule has 0 spiro atoms. The molecule has 0 aliphatic carbocycles. The summed E-state index contributed by atoms with van der Waals surface area (Å²) < 4.78 is 10.9. The van der Waals surface area contributed by atoms with E-state index in [0.29, 0.717) is 32.8 Å². The molecule has 2 aromatic rings. The Kier molecular flexibility index (Phi) is 6.26. The van der Waals surface area contributed by atoms with E-state index in [1.165, 1.54) is 0 Å². The lowest BCUT2D eigenvalue weighted by Gasteiger charge is -2.34. The third kappa shape index (κ3) is 4.23. The summed E-state index contributed by atoms with van der Waals surface area (Å²) in [4.78, 5) is 17.3. The van der Waals surface area contributed by atoms with E-state index in [-0.39, 0.29) is 11.9 Å². The van der Waals surface area contributed by atoms with Crippen LogP contribution in [0, 0.1) is 0 Å². The van der Waals surface area contributed by atoms with Crippen molar-refractivity contribution in [1.82, 2.24) is 9.80 Å². The zero-order chi connectivity index (χ0) is 18.4. The first-order valence-corrected chi connectivity index (χ1v) is 8.94. The minimum atomic E-state index is -0.334. The van der Waals surface area contributed by atoms with E-state index in [1.807, 2.05) is 66.5 Å². The van der Waals surface area contributed by atoms with Crippen molar-refractivity contribution in [3.05, 3.63) is 65.7 Å². The highest BCUT2D eigenvalue weighted by Gasteiger charge is 2.30. The molecule has 1 saturated heterocycles. The number of carbonyl (C=O) groups excluding carboxylic acids is 1. The number of likely N-dealkylation sites (N-methyl/N-ethyl adjacent to an activating group) is 1. The number of methoxy groups -OCH3 is 1. The first-order chi connectivity index (χ1) is 12.7. The number of carbonyl (C=O) groups is 1. The predicted molar refractivity (Wildman–Crippen MR) is 101 cm³/mol. The van der Waals surface area contributed by atoms with Gasteiger partial charge in [0.25, 0.3) is 0 Å². The standard InChI is InChI=1S/C21H26N2O3/c1-22(16-18-10-6-7-11-19(18)25-2)20(17-8-4-3-5-9-17)21(24)23-12-14-26-15-13-23/h3-11,20H,12-16H2,1-2H3. The van der Waals surface area contributed by atoms with Crippen LogP contribution in [0.2, 0.25) is 0 Å². The SMILES string of the molecule is COc1ccccc1CN(C)C(C(=O)N1CCOCC1)c1ccccc1. The maximum atomic E-state index is 13.3. The van der Waals surface area contributed by atoms with Crippen LogP contribution in [0.3, 0.4) is 0 Å². The minimum Gasteiger partial charge on any atom is -0.496 e. The molecule has 5 heteroatoms. The average molecular weight is 354 g/mol. The maximum absolute atomic E-state index is 13.3. The first kappa shape index (κ1) is 18.4. The molecule has 138 valence electrons. The summed E-state index contributed by atoms with van der Waals surface area (Å²) in [6.07, 6.45) is 0. The zero-order valence-corrected chi connectivity index (χ0v) is 15.4. The van der Waals surface area contributed by atoms with Crippen molar-refractivity contribution in [2.45, 2.75) is 12.6 Å². The smallest absolute Gasteiger partial charge is 0.244 e. The molecule has 0 aromatic heterocycles. The van der Waals surface area contributed by atoms with E-state index in [0.717, 1.165) is 16.9 Å². The number of ether oxygens (including phenoxy) is 2. The van der Waals surface area contributed by atoms with Crippen LogP contribution in [0.4, 0.5) is 0 Å². The summed E-state index contributed by atoms with van der Waals surface area (Å²) in [6, 6.07) is 17.6. The minimum absolute atomic E-state index is 0.122. The van der Waals surface area contributed by atoms with Crippen molar-refractivity contribution in [2.24, 2.45) is 0 Å². The number of amides is 1. The largest absolute Gasteiger partial charge is 0.496 e. The van der Waals surface area contributed by atoms with Gasteiger partial charge in [-0.1, -0.05) is 48.5 Å². The van der Waals surface area contributed by atoms with Gasteiger partial charge in [-0.3, -0.25) is 9.69 Å². The van der Waals surface area contributed by atoms with Crippen LogP contribution in [0.5, 0.6) is 5.75 Å². The van der Waals surface area contributed by atoms with E-state index in [9.17, 15) is 4.79 Å². The van der Waals surface area contributed by atoms with Gasteiger partial charge in [0.2, 0.25) is 5.91 Å². The van der Waals surface area contributed by atoms with Gasteiger partial charge < -0.3 is 14.4 Å². The quantitative estimate of drug-likeness (QED) is 0.800. The third-order valence-electron chi connectivity index (χ3n) is 4.73. The van der Waals surface area contributed by atoms with Crippen molar-refractivity contribution in [3.63, 3.8) is 0 Å². The molecule has 0 N–H and O–H groups in total. The monoisotopic (exact) mass is 354 g/mol. The molecule has 1 heterocycles. The Morgan fingerprint density at radius 3 is 2.46 bits per heavy atom. The lowest BCUT2D eigenvalue weighted by atomic mass is 10.0. The Morgan fingerprint density at radius 1 is 1.12 bits per heavy atom. The van der Waals surface area contributed by atoms with Crippen LogP contribution in [0.1, 0.15) is 17.2 Å². The van der Waals surface area contributed by atoms with Gasteiger partial charge in [-0.25, -0.2) is 0 Å². The topological polar surface area (TPSA) is 42.0 Å². The molecule has 0 bridgehead atoms. The van der Waals surface area contributed by atoms with Crippen LogP contribution < -0.4 is 4.74 Å². The van der Waals surface area contributed by atoms with Crippen molar-refractivity contribution in [1.29, 1.82) is 0 Å². The zero-order valence-electron chi connectivity index (χ0n) is 15.4. The molecule has 0 saturated carbocycles. The number of rotatable bonds is 6. The molecule has 1 amide bonds. The van der Waals surface area contributed by atoms with Crippen LogP contribution in [-0.4, -0.2) is 56.2 Å². The van der Waals surface area contributed by atoms with Crippen molar-refractivity contribution in [2.75, 3.05) is 40.5 Å². The molecule has 2 aromatic carbocycles. The maximum Gasteiger partial charge on any atom is 0.244 e. The second kappa shape index (κ2) is 8.83. The predicted octanol–water partition coefficient (Wildman–Crippen LogP) is 2.73. The molecule has 26 heavy (non-hydrogen) atoms. The van der Waals surface area contributed by atoms with Gasteiger partial charge in [0.15, 0.2) is 0 Å². The van der Waals surface area contributed by atoms with Gasteiger partial charge in [0.05, 0.1) is 20.3 Å². The molecular formula is C21H26N2O3. The first-order valence-electron chi connectivity index (χ1n) is 8.94. The van der Waals surface area contributed by atoms with E-state index < -0.39 is 0 Å². The second-order valence-electron chi connectivity index (χ2n) is 6.48. The van der Waals surface area contributed by atoms with E-state index in [2.05, 4.69) is 4.90 Å². The lowest BCUT2D eigenvalue weighted by Crippen LogP contribution is -2.46. The molecule has 3 rings (SSSR count). The average Bonchev–Trinajstić information content (AvgIpc) is 2.70. The Hall–Kier alpha value is -2.37. The van der Waals surface area contributed by atoms with E-state index in [1.54, 1.807) is 7.11 Å². The van der Waals surface area contributed by atoms with E-state index in [4.69, 9.17) is 9.47 Å². The highest BCUT2D eigenvalue weighted by atomic mass is 16.5. The summed E-state index contributed by atoms with van der Waals surface area (Å²) in [5.41, 5.74) is 2.06. The second-order valence-corrected chi connectivity index (χ2v) is 6.48. The van der Waals surface area contributed by atoms with Crippen molar-refractivity contribution in [3.8, 4) is 5.75 Å². The van der Waals surface area contributed by atoms with Gasteiger partial charge in [0.1, 0.15) is 11.8 Å². The summed E-state index contributed by atoms with van der Waals surface area (Å²) in [5.74, 6) is 0.960. The molecule has 5 nitrogen and oxygen atoms in total. The highest BCUT2D eigenvalue weighted by Crippen LogP contribution is 2.27. The Morgan fingerprint density at radius 2 is 1.77 bits per heavy atom. The molecule has 1 fully saturated rings. The summed E-state index contributed by atoms with van der Waals surface area (Å²) in [5, 5.41) is 0. The van der Waals surface area contributed by atoms with Crippen molar-refractivity contribution >= 4 is 5.91 Å². The molecule has 1 aliphatic heterocycles. The fraction of sp³-hybridized carbons (Fsp3) is 0.381. The molecule has 1 atom stereocenters. The van der Waals surface area contributed by atoms with Gasteiger partial charge >= 0.3 is 0 Å². The van der Waals surface area contributed by atoms with Crippen LogP contribution in [0.25, 0.3) is 0 Å². The van der Waals surface area contributed by atoms with Gasteiger partial charge in [-0.2, -0.15) is 0 Å². The molecular weight excluding hydrogens is 328 g/mol. The number of morpholine rings is 1. The Labute approximate surface area is 155 Å². The fourth-order valence-electron chi connectivity index (χ4n) is 3.37. The number of nitrogens with zero attached hydrogens (tertiary/aromatic N) is 2. The molecule has 1 unspecified atom stereocenters. The summed E-state index contributed by atoms with van der Waals surface area (Å²) in [7, 11) is 3.66. The van der Waals surface area contributed by atoms with Crippen LogP contribution in [-0.2, 0) is 16.1 Å². The highest BCUT2D eigenvalue weighted by molar-refractivity contribution is 5.83. The number of hydrogen-bond donors (Lipinski definition) is 0. The number of benzene rings is 2. The van der Waals surface area contributed by atoms with Gasteiger partial charge in [0, 0.05) is 25.2 Å². The number of hydrogen-bond acceptors (Lipinski definition) is 4. The van der Waals surface area contributed by atoms with Crippen LogP contribution >= 0.6 is 0 Å².